The summed E-state index contributed by atoms with van der Waals surface area (Å²) in [6.45, 7) is 0.0298. The molecule has 0 radical (unpaired) electrons. The monoisotopic (exact) mass is 440 g/mol. The summed E-state index contributed by atoms with van der Waals surface area (Å²) in [7, 11) is 0. The fraction of sp³-hybridized carbons (Fsp3) is 0.115. The first kappa shape index (κ1) is 20.5. The number of hydrogen-bond acceptors (Lipinski definition) is 6. The second-order valence-electron chi connectivity index (χ2n) is 7.97. The van der Waals surface area contributed by atoms with Crippen molar-refractivity contribution in [2.24, 2.45) is 5.73 Å². The van der Waals surface area contributed by atoms with Gasteiger partial charge in [-0.1, -0.05) is 48.5 Å². The van der Waals surface area contributed by atoms with Crippen molar-refractivity contribution in [1.82, 2.24) is 0 Å². The molecule has 7 heteroatoms. The molecule has 0 aliphatic heterocycles. The Morgan fingerprint density at radius 1 is 0.939 bits per heavy atom. The number of carbonyl (C=O) groups excluding carboxylic acids is 2. The lowest BCUT2D eigenvalue weighted by molar-refractivity contribution is -0.117. The SMILES string of the molecule is NC(=O)Cc1c(C(=O)OCC2c3ccccc3-c3ccccc32)c(=O)oc2cc(N)ccc12. The van der Waals surface area contributed by atoms with Crippen molar-refractivity contribution in [3.05, 3.63) is 99.4 Å². The van der Waals surface area contributed by atoms with E-state index in [0.29, 0.717) is 11.1 Å². The molecule has 1 aliphatic carbocycles. The van der Waals surface area contributed by atoms with Gasteiger partial charge in [-0.2, -0.15) is 0 Å². The predicted octanol–water partition coefficient (Wildman–Crippen LogP) is 3.37. The van der Waals surface area contributed by atoms with Crippen LogP contribution in [0.2, 0.25) is 0 Å². The highest BCUT2D eigenvalue weighted by Crippen LogP contribution is 2.44. The standard InChI is InChI=1S/C26H20N2O5/c27-14-9-10-19-20(12-23(28)29)24(26(31)33-22(19)11-14)25(30)32-13-21-17-7-3-1-5-15(17)16-6-2-4-8-18(16)21/h1-11,21H,12-13,27H2,(H2,28,29). The summed E-state index contributed by atoms with van der Waals surface area (Å²) in [6, 6.07) is 20.5. The van der Waals surface area contributed by atoms with E-state index >= 15 is 0 Å². The van der Waals surface area contributed by atoms with Crippen LogP contribution >= 0.6 is 0 Å². The second kappa shape index (κ2) is 7.94. The molecule has 1 heterocycles. The van der Waals surface area contributed by atoms with Crippen LogP contribution in [0.4, 0.5) is 5.69 Å². The molecular formula is C26H20N2O5. The minimum atomic E-state index is -0.901. The molecule has 3 aromatic carbocycles. The number of primary amides is 1. The highest BCUT2D eigenvalue weighted by molar-refractivity contribution is 5.99. The van der Waals surface area contributed by atoms with Crippen molar-refractivity contribution in [3.8, 4) is 11.1 Å². The van der Waals surface area contributed by atoms with Crippen molar-refractivity contribution < 1.29 is 18.7 Å². The van der Waals surface area contributed by atoms with Gasteiger partial charge in [0.1, 0.15) is 17.8 Å². The zero-order valence-electron chi connectivity index (χ0n) is 17.5. The van der Waals surface area contributed by atoms with Gasteiger partial charge in [0.2, 0.25) is 5.91 Å². The van der Waals surface area contributed by atoms with Crippen LogP contribution in [0.3, 0.4) is 0 Å². The average molecular weight is 440 g/mol. The van der Waals surface area contributed by atoms with E-state index in [1.54, 1.807) is 12.1 Å². The van der Waals surface area contributed by atoms with Crippen LogP contribution in [-0.4, -0.2) is 18.5 Å². The van der Waals surface area contributed by atoms with Gasteiger partial charge in [0.15, 0.2) is 0 Å². The van der Waals surface area contributed by atoms with E-state index in [1.165, 1.54) is 6.07 Å². The number of carbonyl (C=O) groups is 2. The van der Waals surface area contributed by atoms with Crippen LogP contribution < -0.4 is 17.1 Å². The van der Waals surface area contributed by atoms with E-state index in [-0.39, 0.29) is 35.7 Å². The third-order valence-corrected chi connectivity index (χ3v) is 5.94. The fourth-order valence-electron chi connectivity index (χ4n) is 4.52. The van der Waals surface area contributed by atoms with Crippen LogP contribution in [0.15, 0.2) is 75.9 Å². The van der Waals surface area contributed by atoms with Crippen LogP contribution in [-0.2, 0) is 16.0 Å². The van der Waals surface area contributed by atoms with E-state index < -0.39 is 17.5 Å². The van der Waals surface area contributed by atoms with E-state index in [4.69, 9.17) is 20.6 Å². The molecule has 0 spiro atoms. The second-order valence-corrected chi connectivity index (χ2v) is 7.97. The molecule has 1 amide bonds. The average Bonchev–Trinajstić information content (AvgIpc) is 3.10. The molecule has 0 saturated heterocycles. The van der Waals surface area contributed by atoms with Crippen LogP contribution in [0, 0.1) is 0 Å². The first-order chi connectivity index (χ1) is 15.9. The molecule has 0 unspecified atom stereocenters. The van der Waals surface area contributed by atoms with Gasteiger partial charge in [0, 0.05) is 23.1 Å². The van der Waals surface area contributed by atoms with E-state index in [0.717, 1.165) is 22.3 Å². The number of ether oxygens (including phenoxy) is 1. The number of anilines is 1. The highest BCUT2D eigenvalue weighted by atomic mass is 16.5. The zero-order chi connectivity index (χ0) is 23.1. The third kappa shape index (κ3) is 3.53. The fourth-order valence-corrected chi connectivity index (χ4v) is 4.52. The van der Waals surface area contributed by atoms with Gasteiger partial charge >= 0.3 is 11.6 Å². The minimum absolute atomic E-state index is 0.0298. The smallest absolute Gasteiger partial charge is 0.351 e. The molecule has 1 aliphatic rings. The number of nitrogen functional groups attached to an aromatic ring is 1. The Kier molecular flexibility index (Phi) is 4.94. The van der Waals surface area contributed by atoms with E-state index in [2.05, 4.69) is 0 Å². The van der Waals surface area contributed by atoms with Crippen molar-refractivity contribution in [3.63, 3.8) is 0 Å². The molecule has 4 aromatic rings. The van der Waals surface area contributed by atoms with E-state index in [1.807, 2.05) is 48.5 Å². The Morgan fingerprint density at radius 2 is 1.58 bits per heavy atom. The minimum Gasteiger partial charge on any atom is -0.461 e. The molecule has 1 aromatic heterocycles. The lowest BCUT2D eigenvalue weighted by Gasteiger charge is -2.15. The summed E-state index contributed by atoms with van der Waals surface area (Å²) in [5, 5.41) is 0.408. The molecule has 4 N–H and O–H groups in total. The molecule has 164 valence electrons. The van der Waals surface area contributed by atoms with Gasteiger partial charge in [-0.25, -0.2) is 9.59 Å². The number of benzene rings is 3. The molecule has 0 fully saturated rings. The maximum Gasteiger partial charge on any atom is 0.351 e. The predicted molar refractivity (Wildman–Crippen MR) is 124 cm³/mol. The lowest BCUT2D eigenvalue weighted by Crippen LogP contribution is -2.25. The van der Waals surface area contributed by atoms with Crippen molar-refractivity contribution in [2.45, 2.75) is 12.3 Å². The number of amides is 1. The molecular weight excluding hydrogens is 420 g/mol. The molecule has 33 heavy (non-hydrogen) atoms. The Labute approximate surface area is 188 Å². The van der Waals surface area contributed by atoms with Crippen LogP contribution in [0.1, 0.15) is 33.0 Å². The summed E-state index contributed by atoms with van der Waals surface area (Å²) in [5.74, 6) is -1.72. The van der Waals surface area contributed by atoms with Gasteiger partial charge in [-0.05, 0) is 39.9 Å². The van der Waals surface area contributed by atoms with Crippen molar-refractivity contribution in [1.29, 1.82) is 0 Å². The number of rotatable bonds is 5. The maximum atomic E-state index is 13.1. The van der Waals surface area contributed by atoms with Gasteiger partial charge < -0.3 is 20.6 Å². The van der Waals surface area contributed by atoms with Crippen molar-refractivity contribution in [2.75, 3.05) is 12.3 Å². The summed E-state index contributed by atoms with van der Waals surface area (Å²) < 4.78 is 10.9. The maximum absolute atomic E-state index is 13.1. The Bertz CT molecular complexity index is 1440. The van der Waals surface area contributed by atoms with Gasteiger partial charge in [0.25, 0.3) is 0 Å². The Balaban J connectivity index is 1.52. The van der Waals surface area contributed by atoms with Gasteiger partial charge in [-0.15, -0.1) is 0 Å². The Hall–Kier alpha value is -4.39. The highest BCUT2D eigenvalue weighted by Gasteiger charge is 2.30. The topological polar surface area (TPSA) is 126 Å². The van der Waals surface area contributed by atoms with Crippen molar-refractivity contribution >= 4 is 28.5 Å². The number of esters is 1. The molecule has 0 bridgehead atoms. The number of nitrogens with two attached hydrogens (primary N) is 2. The van der Waals surface area contributed by atoms with E-state index in [9.17, 15) is 14.4 Å². The largest absolute Gasteiger partial charge is 0.461 e. The van der Waals surface area contributed by atoms with Gasteiger partial charge in [0.05, 0.1) is 6.42 Å². The van der Waals surface area contributed by atoms with Crippen LogP contribution in [0.25, 0.3) is 22.1 Å². The zero-order valence-corrected chi connectivity index (χ0v) is 17.5. The molecule has 5 rings (SSSR count). The lowest BCUT2D eigenvalue weighted by atomic mass is 9.98. The molecule has 7 nitrogen and oxygen atoms in total. The normalized spacial score (nSPS) is 12.4. The molecule has 0 atom stereocenters. The van der Waals surface area contributed by atoms with Crippen LogP contribution in [0.5, 0.6) is 0 Å². The summed E-state index contributed by atoms with van der Waals surface area (Å²) >= 11 is 0. The first-order valence-corrected chi connectivity index (χ1v) is 10.4. The molecule has 0 saturated carbocycles. The summed E-state index contributed by atoms with van der Waals surface area (Å²) in [5.41, 5.74) is 14.9. The third-order valence-electron chi connectivity index (χ3n) is 5.94. The quantitative estimate of drug-likeness (QED) is 0.278. The number of fused-ring (bicyclic) bond motifs is 4. The Morgan fingerprint density at radius 3 is 2.21 bits per heavy atom. The summed E-state index contributed by atoms with van der Waals surface area (Å²) in [4.78, 5) is 37.5. The first-order valence-electron chi connectivity index (χ1n) is 10.4. The van der Waals surface area contributed by atoms with Gasteiger partial charge in [-0.3, -0.25) is 4.79 Å². The summed E-state index contributed by atoms with van der Waals surface area (Å²) in [6.07, 6.45) is -0.314. The number of hydrogen-bond donors (Lipinski definition) is 2.